The van der Waals surface area contributed by atoms with Gasteiger partial charge in [-0.25, -0.2) is 4.39 Å². The van der Waals surface area contributed by atoms with Crippen LogP contribution < -0.4 is 5.73 Å². The monoisotopic (exact) mass is 301 g/mol. The molecule has 0 aliphatic heterocycles. The Bertz CT molecular complexity index is 619. The van der Waals surface area contributed by atoms with Gasteiger partial charge >= 0.3 is 6.18 Å². The first-order chi connectivity index (χ1) is 9.82. The molecule has 0 fully saturated rings. The number of nitrogens with zero attached hydrogens (tertiary/aromatic N) is 2. The first-order valence-corrected chi connectivity index (χ1v) is 6.47. The Morgan fingerprint density at radius 1 is 1.33 bits per heavy atom. The molecule has 1 atom stereocenters. The number of nitrogens with two attached hydrogens (primary N) is 1. The van der Waals surface area contributed by atoms with Crippen molar-refractivity contribution in [1.82, 2.24) is 9.78 Å². The third-order valence-electron chi connectivity index (χ3n) is 3.12. The van der Waals surface area contributed by atoms with Crippen LogP contribution in [0.4, 0.5) is 17.6 Å². The zero-order valence-corrected chi connectivity index (χ0v) is 11.4. The third kappa shape index (κ3) is 3.41. The Balaban J connectivity index is 2.35. The van der Waals surface area contributed by atoms with E-state index in [0.717, 1.165) is 18.6 Å². The van der Waals surface area contributed by atoms with Gasteiger partial charge in [-0.15, -0.1) is 0 Å². The molecule has 2 aromatic rings. The van der Waals surface area contributed by atoms with Crippen molar-refractivity contribution >= 4 is 0 Å². The van der Waals surface area contributed by atoms with Gasteiger partial charge in [-0.3, -0.25) is 4.68 Å². The summed E-state index contributed by atoms with van der Waals surface area (Å²) >= 11 is 0. The number of aromatic nitrogens is 2. The summed E-state index contributed by atoms with van der Waals surface area (Å²) in [7, 11) is 0. The van der Waals surface area contributed by atoms with E-state index in [1.165, 1.54) is 6.20 Å². The minimum Gasteiger partial charge on any atom is -0.320 e. The van der Waals surface area contributed by atoms with Crippen LogP contribution in [0.1, 0.15) is 36.1 Å². The van der Waals surface area contributed by atoms with Gasteiger partial charge in [0.25, 0.3) is 0 Å². The molecule has 0 saturated heterocycles. The van der Waals surface area contributed by atoms with Crippen LogP contribution >= 0.6 is 0 Å². The molecule has 3 nitrogen and oxygen atoms in total. The van der Waals surface area contributed by atoms with Gasteiger partial charge in [0.1, 0.15) is 5.82 Å². The SMILES string of the molecule is CCCn1cc(C(N)c2cc(C(F)(F)F)ccc2F)cn1. The van der Waals surface area contributed by atoms with Gasteiger partial charge in [-0.05, 0) is 24.6 Å². The lowest BCUT2D eigenvalue weighted by atomic mass is 9.99. The molecule has 2 rings (SSSR count). The van der Waals surface area contributed by atoms with E-state index >= 15 is 0 Å². The fourth-order valence-electron chi connectivity index (χ4n) is 2.03. The number of aryl methyl sites for hydroxylation is 1. The summed E-state index contributed by atoms with van der Waals surface area (Å²) in [6.45, 7) is 2.63. The fourth-order valence-corrected chi connectivity index (χ4v) is 2.03. The van der Waals surface area contributed by atoms with E-state index in [9.17, 15) is 17.6 Å². The number of hydrogen-bond donors (Lipinski definition) is 1. The topological polar surface area (TPSA) is 43.8 Å². The first-order valence-electron chi connectivity index (χ1n) is 6.47. The zero-order chi connectivity index (χ0) is 15.6. The van der Waals surface area contributed by atoms with E-state index in [1.807, 2.05) is 6.92 Å². The van der Waals surface area contributed by atoms with Gasteiger partial charge in [0, 0.05) is 23.9 Å². The van der Waals surface area contributed by atoms with Crippen molar-refractivity contribution < 1.29 is 17.6 Å². The van der Waals surface area contributed by atoms with E-state index < -0.39 is 23.6 Å². The Labute approximate surface area is 119 Å². The largest absolute Gasteiger partial charge is 0.416 e. The Hall–Kier alpha value is -1.89. The Kier molecular flexibility index (Phi) is 4.32. The van der Waals surface area contributed by atoms with Crippen LogP contribution in [0.15, 0.2) is 30.6 Å². The second-order valence-corrected chi connectivity index (χ2v) is 4.75. The van der Waals surface area contributed by atoms with E-state index in [1.54, 1.807) is 10.9 Å². The van der Waals surface area contributed by atoms with Gasteiger partial charge in [0.15, 0.2) is 0 Å². The molecule has 7 heteroatoms. The second-order valence-electron chi connectivity index (χ2n) is 4.75. The summed E-state index contributed by atoms with van der Waals surface area (Å²) in [6, 6.07) is 1.25. The van der Waals surface area contributed by atoms with Crippen molar-refractivity contribution in [2.24, 2.45) is 5.73 Å². The average Bonchev–Trinajstić information content (AvgIpc) is 2.86. The van der Waals surface area contributed by atoms with Crippen molar-refractivity contribution in [2.45, 2.75) is 32.1 Å². The van der Waals surface area contributed by atoms with E-state index in [-0.39, 0.29) is 5.56 Å². The molecular weight excluding hydrogens is 286 g/mol. The fraction of sp³-hybridized carbons (Fsp3) is 0.357. The van der Waals surface area contributed by atoms with Crippen LogP contribution in [-0.4, -0.2) is 9.78 Å². The lowest BCUT2D eigenvalue weighted by Gasteiger charge is -2.14. The zero-order valence-electron chi connectivity index (χ0n) is 11.4. The number of alkyl halides is 3. The molecule has 1 heterocycles. The highest BCUT2D eigenvalue weighted by Crippen LogP contribution is 2.32. The van der Waals surface area contributed by atoms with Crippen LogP contribution in [0.3, 0.4) is 0 Å². The van der Waals surface area contributed by atoms with E-state index in [0.29, 0.717) is 18.2 Å². The van der Waals surface area contributed by atoms with Gasteiger partial charge < -0.3 is 5.73 Å². The molecule has 1 unspecified atom stereocenters. The van der Waals surface area contributed by atoms with Crippen LogP contribution in [0.2, 0.25) is 0 Å². The summed E-state index contributed by atoms with van der Waals surface area (Å²) in [4.78, 5) is 0. The summed E-state index contributed by atoms with van der Waals surface area (Å²) in [5.41, 5.74) is 5.24. The predicted octanol–water partition coefficient (Wildman–Crippen LogP) is 3.50. The van der Waals surface area contributed by atoms with Gasteiger partial charge in [0.05, 0.1) is 17.8 Å². The highest BCUT2D eigenvalue weighted by Gasteiger charge is 2.32. The second kappa shape index (κ2) is 5.85. The number of benzene rings is 1. The third-order valence-corrected chi connectivity index (χ3v) is 3.12. The lowest BCUT2D eigenvalue weighted by molar-refractivity contribution is -0.137. The van der Waals surface area contributed by atoms with E-state index in [2.05, 4.69) is 5.10 Å². The normalized spacial score (nSPS) is 13.4. The van der Waals surface area contributed by atoms with Crippen molar-refractivity contribution in [3.63, 3.8) is 0 Å². The molecule has 0 bridgehead atoms. The van der Waals surface area contributed by atoms with Gasteiger partial charge in [-0.1, -0.05) is 6.92 Å². The summed E-state index contributed by atoms with van der Waals surface area (Å²) in [5, 5.41) is 4.05. The van der Waals surface area contributed by atoms with Crippen molar-refractivity contribution in [3.05, 3.63) is 53.1 Å². The maximum Gasteiger partial charge on any atom is 0.416 e. The summed E-state index contributed by atoms with van der Waals surface area (Å²) in [5.74, 6) is -0.765. The molecule has 0 aliphatic rings. The van der Waals surface area contributed by atoms with Crippen LogP contribution in [0.5, 0.6) is 0 Å². The first kappa shape index (κ1) is 15.5. The van der Waals surface area contributed by atoms with E-state index in [4.69, 9.17) is 5.73 Å². The maximum atomic E-state index is 13.8. The average molecular weight is 301 g/mol. The van der Waals surface area contributed by atoms with Gasteiger partial charge in [-0.2, -0.15) is 18.3 Å². The number of rotatable bonds is 4. The van der Waals surface area contributed by atoms with Crippen LogP contribution in [0.25, 0.3) is 0 Å². The maximum absolute atomic E-state index is 13.8. The summed E-state index contributed by atoms with van der Waals surface area (Å²) < 4.78 is 53.5. The Morgan fingerprint density at radius 2 is 2.05 bits per heavy atom. The van der Waals surface area contributed by atoms with Crippen molar-refractivity contribution in [2.75, 3.05) is 0 Å². The molecule has 0 radical (unpaired) electrons. The standard InChI is InChI=1S/C14H15F4N3/c1-2-5-21-8-9(7-20-21)13(19)11-6-10(14(16,17)18)3-4-12(11)15/h3-4,6-8,13H,2,5,19H2,1H3. The predicted molar refractivity (Wildman–Crippen MR) is 70.0 cm³/mol. The van der Waals surface area contributed by atoms with Crippen molar-refractivity contribution in [1.29, 1.82) is 0 Å². The molecule has 0 saturated carbocycles. The molecule has 0 spiro atoms. The molecule has 0 aliphatic carbocycles. The lowest BCUT2D eigenvalue weighted by Crippen LogP contribution is -2.15. The molecule has 21 heavy (non-hydrogen) atoms. The molecule has 2 N–H and O–H groups in total. The summed E-state index contributed by atoms with van der Waals surface area (Å²) in [6.07, 6.45) is -0.614. The minimum absolute atomic E-state index is 0.194. The van der Waals surface area contributed by atoms with Crippen LogP contribution in [0, 0.1) is 5.82 Å². The molecule has 1 aromatic carbocycles. The highest BCUT2D eigenvalue weighted by atomic mass is 19.4. The minimum atomic E-state index is -4.53. The molecule has 1 aromatic heterocycles. The van der Waals surface area contributed by atoms with Gasteiger partial charge in [0.2, 0.25) is 0 Å². The smallest absolute Gasteiger partial charge is 0.320 e. The Morgan fingerprint density at radius 3 is 2.67 bits per heavy atom. The molecule has 0 amide bonds. The molecular formula is C14H15F4N3. The van der Waals surface area contributed by atoms with Crippen LogP contribution in [-0.2, 0) is 12.7 Å². The highest BCUT2D eigenvalue weighted by molar-refractivity contribution is 5.34. The molecule has 114 valence electrons. The van der Waals surface area contributed by atoms with Crippen molar-refractivity contribution in [3.8, 4) is 0 Å². The number of halogens is 4. The number of hydrogen-bond acceptors (Lipinski definition) is 2. The quantitative estimate of drug-likeness (QED) is 0.878.